The second kappa shape index (κ2) is 8.85. The molecule has 1 N–H and O–H groups in total. The van der Waals surface area contributed by atoms with Crippen molar-refractivity contribution in [3.05, 3.63) is 11.1 Å². The second-order valence-corrected chi connectivity index (χ2v) is 6.10. The zero-order valence-corrected chi connectivity index (χ0v) is 13.5. The minimum atomic E-state index is -0.897. The van der Waals surface area contributed by atoms with Crippen LogP contribution in [0, 0.1) is 11.8 Å². The van der Waals surface area contributed by atoms with Crippen LogP contribution < -0.4 is 0 Å². The summed E-state index contributed by atoms with van der Waals surface area (Å²) in [6.07, 6.45) is 6.45. The minimum absolute atomic E-state index is 0.343. The molecule has 0 fully saturated rings. The number of carbonyl (C=O) groups is 2. The third kappa shape index (κ3) is 5.52. The first-order chi connectivity index (χ1) is 9.97. The molecule has 1 aliphatic carbocycles. The third-order valence-corrected chi connectivity index (χ3v) is 4.38. The number of rotatable bonds is 8. The highest BCUT2D eigenvalue weighted by atomic mass is 16.5. The predicted molar refractivity (Wildman–Crippen MR) is 81.9 cm³/mol. The molecule has 0 aromatic heterocycles. The van der Waals surface area contributed by atoms with Gasteiger partial charge in [-0.15, -0.1) is 0 Å². The van der Waals surface area contributed by atoms with Crippen LogP contribution in [-0.2, 0) is 14.3 Å². The molecule has 120 valence electrons. The minimum Gasteiger partial charge on any atom is -0.481 e. The summed E-state index contributed by atoms with van der Waals surface area (Å²) in [5, 5.41) is 9.30. The summed E-state index contributed by atoms with van der Waals surface area (Å²) in [6, 6.07) is 0. The van der Waals surface area contributed by atoms with Gasteiger partial charge < -0.3 is 9.84 Å². The Balaban J connectivity index is 2.46. The number of unbranched alkanes of at least 4 members (excludes halogenated alkanes) is 4. The van der Waals surface area contributed by atoms with Crippen molar-refractivity contribution in [2.75, 3.05) is 6.61 Å². The number of hydrogen-bond acceptors (Lipinski definition) is 3. The van der Waals surface area contributed by atoms with Crippen molar-refractivity contribution >= 4 is 11.9 Å². The van der Waals surface area contributed by atoms with Crippen molar-refractivity contribution in [3.63, 3.8) is 0 Å². The monoisotopic (exact) mass is 296 g/mol. The SMILES string of the molecule is CCCCCCCOC(=O)C1CC(C)=C(C)CC1C(=O)O. The van der Waals surface area contributed by atoms with E-state index in [1.807, 2.05) is 13.8 Å². The maximum atomic E-state index is 12.1. The fourth-order valence-electron chi connectivity index (χ4n) is 2.79. The van der Waals surface area contributed by atoms with Gasteiger partial charge in [0.05, 0.1) is 18.4 Å². The van der Waals surface area contributed by atoms with Crippen LogP contribution in [0.4, 0.5) is 0 Å². The van der Waals surface area contributed by atoms with Crippen LogP contribution >= 0.6 is 0 Å². The lowest BCUT2D eigenvalue weighted by atomic mass is 9.76. The Kier molecular flexibility index (Phi) is 7.48. The summed E-state index contributed by atoms with van der Waals surface area (Å²) in [7, 11) is 0. The summed E-state index contributed by atoms with van der Waals surface area (Å²) in [6.45, 7) is 6.49. The van der Waals surface area contributed by atoms with Crippen LogP contribution in [0.15, 0.2) is 11.1 Å². The first-order valence-electron chi connectivity index (χ1n) is 8.02. The molecule has 1 rings (SSSR count). The molecule has 1 aliphatic rings. The van der Waals surface area contributed by atoms with Crippen LogP contribution in [0.25, 0.3) is 0 Å². The molecule has 2 atom stereocenters. The lowest BCUT2D eigenvalue weighted by molar-refractivity contribution is -0.158. The maximum absolute atomic E-state index is 12.1. The van der Waals surface area contributed by atoms with Gasteiger partial charge in [-0.3, -0.25) is 9.59 Å². The first-order valence-corrected chi connectivity index (χ1v) is 8.02. The van der Waals surface area contributed by atoms with Crippen molar-refractivity contribution < 1.29 is 19.4 Å². The highest BCUT2D eigenvalue weighted by molar-refractivity contribution is 5.82. The standard InChI is InChI=1S/C17H28O4/c1-4-5-6-7-8-9-21-17(20)15-11-13(3)12(2)10-14(15)16(18)19/h14-15H,4-11H2,1-3H3,(H,18,19). The molecule has 4 nitrogen and oxygen atoms in total. The van der Waals surface area contributed by atoms with Crippen molar-refractivity contribution in [1.82, 2.24) is 0 Å². The molecule has 0 radical (unpaired) electrons. The van der Waals surface area contributed by atoms with Crippen molar-refractivity contribution in [3.8, 4) is 0 Å². The zero-order valence-electron chi connectivity index (χ0n) is 13.5. The number of carboxylic acids is 1. The van der Waals surface area contributed by atoms with Crippen molar-refractivity contribution in [1.29, 1.82) is 0 Å². The van der Waals surface area contributed by atoms with E-state index >= 15 is 0 Å². The van der Waals surface area contributed by atoms with E-state index < -0.39 is 17.8 Å². The van der Waals surface area contributed by atoms with E-state index in [0.29, 0.717) is 19.4 Å². The van der Waals surface area contributed by atoms with Gasteiger partial charge >= 0.3 is 11.9 Å². The topological polar surface area (TPSA) is 63.6 Å². The summed E-state index contributed by atoms with van der Waals surface area (Å²) >= 11 is 0. The van der Waals surface area contributed by atoms with Crippen LogP contribution in [-0.4, -0.2) is 23.7 Å². The Morgan fingerprint density at radius 3 is 2.19 bits per heavy atom. The smallest absolute Gasteiger partial charge is 0.310 e. The molecule has 0 aromatic carbocycles. The van der Waals surface area contributed by atoms with E-state index in [9.17, 15) is 14.7 Å². The average Bonchev–Trinajstić information content (AvgIpc) is 2.44. The van der Waals surface area contributed by atoms with Crippen molar-refractivity contribution in [2.24, 2.45) is 11.8 Å². The zero-order chi connectivity index (χ0) is 15.8. The third-order valence-electron chi connectivity index (χ3n) is 4.38. The molecule has 0 aliphatic heterocycles. The average molecular weight is 296 g/mol. The van der Waals surface area contributed by atoms with Gasteiger partial charge in [0.2, 0.25) is 0 Å². The fraction of sp³-hybridized carbons (Fsp3) is 0.765. The molecule has 0 heterocycles. The largest absolute Gasteiger partial charge is 0.481 e. The van der Waals surface area contributed by atoms with E-state index in [2.05, 4.69) is 6.92 Å². The molecule has 2 unspecified atom stereocenters. The lowest BCUT2D eigenvalue weighted by Crippen LogP contribution is -2.34. The summed E-state index contributed by atoms with van der Waals surface area (Å²) in [5.74, 6) is -2.40. The van der Waals surface area contributed by atoms with Crippen LogP contribution in [0.5, 0.6) is 0 Å². The molecule has 0 aromatic rings. The van der Waals surface area contributed by atoms with Gasteiger partial charge in [0, 0.05) is 0 Å². The summed E-state index contributed by atoms with van der Waals surface area (Å²) in [4.78, 5) is 23.5. The molecule has 0 amide bonds. The van der Waals surface area contributed by atoms with E-state index in [-0.39, 0.29) is 5.97 Å². The highest BCUT2D eigenvalue weighted by Crippen LogP contribution is 2.35. The number of ether oxygens (including phenoxy) is 1. The molecular formula is C17H28O4. The summed E-state index contributed by atoms with van der Waals surface area (Å²) in [5.41, 5.74) is 2.21. The Morgan fingerprint density at radius 2 is 1.62 bits per heavy atom. The summed E-state index contributed by atoms with van der Waals surface area (Å²) < 4.78 is 5.30. The lowest BCUT2D eigenvalue weighted by Gasteiger charge is -2.28. The molecule has 0 spiro atoms. The molecule has 21 heavy (non-hydrogen) atoms. The van der Waals surface area contributed by atoms with Gasteiger partial charge in [0.15, 0.2) is 0 Å². The van der Waals surface area contributed by atoms with Gasteiger partial charge in [-0.2, -0.15) is 0 Å². The number of esters is 1. The normalized spacial score (nSPS) is 22.2. The number of allylic oxidation sites excluding steroid dienone is 2. The van der Waals surface area contributed by atoms with Gasteiger partial charge in [-0.05, 0) is 33.1 Å². The van der Waals surface area contributed by atoms with E-state index in [1.54, 1.807) is 0 Å². The Morgan fingerprint density at radius 1 is 1.05 bits per heavy atom. The Hall–Kier alpha value is -1.32. The molecule has 4 heteroatoms. The maximum Gasteiger partial charge on any atom is 0.310 e. The molecule has 0 saturated heterocycles. The van der Waals surface area contributed by atoms with Crippen LogP contribution in [0.3, 0.4) is 0 Å². The number of carbonyl (C=O) groups excluding carboxylic acids is 1. The van der Waals surface area contributed by atoms with Crippen LogP contribution in [0.1, 0.15) is 65.7 Å². The van der Waals surface area contributed by atoms with Gasteiger partial charge in [0.25, 0.3) is 0 Å². The van der Waals surface area contributed by atoms with Crippen molar-refractivity contribution in [2.45, 2.75) is 65.7 Å². The molecular weight excluding hydrogens is 268 g/mol. The van der Waals surface area contributed by atoms with Gasteiger partial charge in [0.1, 0.15) is 0 Å². The number of carboxylic acid groups (broad SMARTS) is 1. The number of aliphatic carboxylic acids is 1. The number of hydrogen-bond donors (Lipinski definition) is 1. The predicted octanol–water partition coefficient (Wildman–Crippen LogP) is 3.95. The van der Waals surface area contributed by atoms with Crippen LogP contribution in [0.2, 0.25) is 0 Å². The second-order valence-electron chi connectivity index (χ2n) is 6.10. The highest BCUT2D eigenvalue weighted by Gasteiger charge is 2.38. The van der Waals surface area contributed by atoms with E-state index in [4.69, 9.17) is 4.74 Å². The first kappa shape index (κ1) is 17.7. The van der Waals surface area contributed by atoms with Gasteiger partial charge in [-0.25, -0.2) is 0 Å². The van der Waals surface area contributed by atoms with E-state index in [1.165, 1.54) is 12.8 Å². The van der Waals surface area contributed by atoms with Gasteiger partial charge in [-0.1, -0.05) is 43.8 Å². The Bertz CT molecular complexity index is 398. The molecule has 0 bridgehead atoms. The molecule has 0 saturated carbocycles. The quantitative estimate of drug-likeness (QED) is 0.418. The van der Waals surface area contributed by atoms with E-state index in [0.717, 1.165) is 30.4 Å². The Labute approximate surface area is 127 Å². The fourth-order valence-corrected chi connectivity index (χ4v) is 2.79.